The molecule has 0 aromatic heterocycles. The van der Waals surface area contributed by atoms with Crippen molar-refractivity contribution in [2.75, 3.05) is 46.3 Å². The number of hydrogen-bond donors (Lipinski definition) is 1. The Kier molecular flexibility index (Phi) is 5.67. The average molecular weight is 292 g/mol. The van der Waals surface area contributed by atoms with Gasteiger partial charge < -0.3 is 10.2 Å². The maximum atomic E-state index is 10.9. The van der Waals surface area contributed by atoms with Crippen molar-refractivity contribution in [3.05, 3.63) is 39.4 Å². The zero-order valence-corrected chi connectivity index (χ0v) is 12.8. The van der Waals surface area contributed by atoms with Gasteiger partial charge in [-0.1, -0.05) is 12.1 Å². The molecule has 0 aliphatic carbocycles. The van der Waals surface area contributed by atoms with Crippen LogP contribution in [0.3, 0.4) is 0 Å². The van der Waals surface area contributed by atoms with E-state index in [1.807, 2.05) is 12.1 Å². The van der Waals surface area contributed by atoms with Crippen molar-refractivity contribution in [2.24, 2.45) is 0 Å². The summed E-state index contributed by atoms with van der Waals surface area (Å²) in [6.07, 6.45) is 0. The van der Waals surface area contributed by atoms with Gasteiger partial charge in [0, 0.05) is 57.4 Å². The summed E-state index contributed by atoms with van der Waals surface area (Å²) in [5.74, 6) is 0. The van der Waals surface area contributed by atoms with Gasteiger partial charge in [0.25, 0.3) is 5.69 Å². The zero-order valence-electron chi connectivity index (χ0n) is 12.8. The molecule has 1 aromatic carbocycles. The lowest BCUT2D eigenvalue weighted by Crippen LogP contribution is -2.46. The minimum atomic E-state index is -0.316. The Labute approximate surface area is 125 Å². The first kappa shape index (κ1) is 15.9. The summed E-state index contributed by atoms with van der Waals surface area (Å²) in [5, 5.41) is 14.3. The Bertz CT molecular complexity index is 485. The van der Waals surface area contributed by atoms with Crippen LogP contribution in [0.2, 0.25) is 0 Å². The lowest BCUT2D eigenvalue weighted by molar-refractivity contribution is -0.385. The molecule has 1 aliphatic rings. The van der Waals surface area contributed by atoms with Crippen LogP contribution in [0.15, 0.2) is 18.2 Å². The Morgan fingerprint density at radius 2 is 2.00 bits per heavy atom. The molecule has 0 radical (unpaired) electrons. The van der Waals surface area contributed by atoms with Crippen LogP contribution in [0, 0.1) is 17.0 Å². The van der Waals surface area contributed by atoms with Gasteiger partial charge >= 0.3 is 0 Å². The largest absolute Gasteiger partial charge is 0.311 e. The molecule has 6 heteroatoms. The highest BCUT2D eigenvalue weighted by atomic mass is 16.6. The van der Waals surface area contributed by atoms with E-state index >= 15 is 0 Å². The van der Waals surface area contributed by atoms with Gasteiger partial charge in [-0.15, -0.1) is 0 Å². The third-order valence-corrected chi connectivity index (χ3v) is 4.00. The summed E-state index contributed by atoms with van der Waals surface area (Å²) in [6.45, 7) is 8.88. The SMILES string of the molecule is Cc1ccc(CNCCN2CCN(C)CC2)cc1[N+](=O)[O-]. The quantitative estimate of drug-likeness (QED) is 0.485. The normalized spacial score (nSPS) is 17.0. The van der Waals surface area contributed by atoms with E-state index in [9.17, 15) is 10.1 Å². The van der Waals surface area contributed by atoms with Gasteiger partial charge in [0.15, 0.2) is 0 Å². The predicted molar refractivity (Wildman–Crippen MR) is 83.5 cm³/mol. The number of piperazine rings is 1. The maximum absolute atomic E-state index is 10.9. The van der Waals surface area contributed by atoms with Crippen LogP contribution < -0.4 is 5.32 Å². The van der Waals surface area contributed by atoms with E-state index in [1.54, 1.807) is 13.0 Å². The third-order valence-electron chi connectivity index (χ3n) is 4.00. The molecule has 6 nitrogen and oxygen atoms in total. The minimum absolute atomic E-state index is 0.202. The Balaban J connectivity index is 1.73. The molecule has 116 valence electrons. The molecule has 0 unspecified atom stereocenters. The molecule has 2 rings (SSSR count). The van der Waals surface area contributed by atoms with Crippen LogP contribution >= 0.6 is 0 Å². The van der Waals surface area contributed by atoms with Crippen molar-refractivity contribution in [3.63, 3.8) is 0 Å². The zero-order chi connectivity index (χ0) is 15.2. The highest BCUT2D eigenvalue weighted by Crippen LogP contribution is 2.18. The van der Waals surface area contributed by atoms with E-state index in [2.05, 4.69) is 22.2 Å². The highest BCUT2D eigenvalue weighted by Gasteiger charge is 2.13. The van der Waals surface area contributed by atoms with E-state index in [-0.39, 0.29) is 10.6 Å². The van der Waals surface area contributed by atoms with Crippen LogP contribution in [0.25, 0.3) is 0 Å². The summed E-state index contributed by atoms with van der Waals surface area (Å²) < 4.78 is 0. The molecular weight excluding hydrogens is 268 g/mol. The number of nitrogens with zero attached hydrogens (tertiary/aromatic N) is 3. The topological polar surface area (TPSA) is 61.6 Å². The van der Waals surface area contributed by atoms with E-state index in [0.717, 1.165) is 44.8 Å². The van der Waals surface area contributed by atoms with Crippen LogP contribution in [0.5, 0.6) is 0 Å². The smallest absolute Gasteiger partial charge is 0.272 e. The van der Waals surface area contributed by atoms with Crippen molar-refractivity contribution in [2.45, 2.75) is 13.5 Å². The molecule has 0 atom stereocenters. The summed E-state index contributed by atoms with van der Waals surface area (Å²) >= 11 is 0. The van der Waals surface area contributed by atoms with Crippen molar-refractivity contribution < 1.29 is 4.92 Å². The molecule has 1 aliphatic heterocycles. The van der Waals surface area contributed by atoms with Crippen LogP contribution in [-0.4, -0.2) is 61.0 Å². The fourth-order valence-electron chi connectivity index (χ4n) is 2.50. The number of aryl methyl sites for hydroxylation is 1. The average Bonchev–Trinajstić information content (AvgIpc) is 2.46. The number of nitro groups is 1. The molecule has 1 saturated heterocycles. The van der Waals surface area contributed by atoms with E-state index in [4.69, 9.17) is 0 Å². The molecule has 0 bridgehead atoms. The molecule has 1 aromatic rings. The van der Waals surface area contributed by atoms with Crippen LogP contribution in [0.1, 0.15) is 11.1 Å². The molecule has 0 amide bonds. The first-order valence-electron chi connectivity index (χ1n) is 7.42. The van der Waals surface area contributed by atoms with Gasteiger partial charge in [0.1, 0.15) is 0 Å². The minimum Gasteiger partial charge on any atom is -0.311 e. The second-order valence-corrected chi connectivity index (χ2v) is 5.70. The number of hydrogen-bond acceptors (Lipinski definition) is 5. The van der Waals surface area contributed by atoms with Gasteiger partial charge in [-0.25, -0.2) is 0 Å². The van der Waals surface area contributed by atoms with E-state index in [1.165, 1.54) is 0 Å². The fourth-order valence-corrected chi connectivity index (χ4v) is 2.50. The molecule has 0 saturated carbocycles. The van der Waals surface area contributed by atoms with Crippen LogP contribution in [-0.2, 0) is 6.54 Å². The Morgan fingerprint density at radius 3 is 2.67 bits per heavy atom. The summed E-state index contributed by atoms with van der Waals surface area (Å²) in [5.41, 5.74) is 1.88. The monoisotopic (exact) mass is 292 g/mol. The number of rotatable bonds is 6. The molecular formula is C15H24N4O2. The van der Waals surface area contributed by atoms with Crippen LogP contribution in [0.4, 0.5) is 5.69 Å². The fraction of sp³-hybridized carbons (Fsp3) is 0.600. The van der Waals surface area contributed by atoms with Crippen molar-refractivity contribution in [3.8, 4) is 0 Å². The second-order valence-electron chi connectivity index (χ2n) is 5.70. The summed E-state index contributed by atoms with van der Waals surface area (Å²) in [4.78, 5) is 15.4. The van der Waals surface area contributed by atoms with E-state index in [0.29, 0.717) is 12.1 Å². The Morgan fingerprint density at radius 1 is 1.29 bits per heavy atom. The highest BCUT2D eigenvalue weighted by molar-refractivity contribution is 5.42. The first-order valence-corrected chi connectivity index (χ1v) is 7.42. The summed E-state index contributed by atoms with van der Waals surface area (Å²) in [6, 6.07) is 5.43. The first-order chi connectivity index (χ1) is 10.1. The van der Waals surface area contributed by atoms with Gasteiger partial charge in [0.2, 0.25) is 0 Å². The van der Waals surface area contributed by atoms with Gasteiger partial charge in [0.05, 0.1) is 4.92 Å². The lowest BCUT2D eigenvalue weighted by atomic mass is 10.1. The van der Waals surface area contributed by atoms with Gasteiger partial charge in [-0.05, 0) is 19.5 Å². The molecule has 1 heterocycles. The van der Waals surface area contributed by atoms with Crippen molar-refractivity contribution in [1.82, 2.24) is 15.1 Å². The molecule has 21 heavy (non-hydrogen) atoms. The van der Waals surface area contributed by atoms with Crippen molar-refractivity contribution >= 4 is 5.69 Å². The second kappa shape index (κ2) is 7.49. The predicted octanol–water partition coefficient (Wildman–Crippen LogP) is 1.24. The number of nitro benzene ring substituents is 1. The third kappa shape index (κ3) is 4.77. The maximum Gasteiger partial charge on any atom is 0.272 e. The number of benzene rings is 1. The van der Waals surface area contributed by atoms with Gasteiger partial charge in [-0.3, -0.25) is 15.0 Å². The lowest BCUT2D eigenvalue weighted by Gasteiger charge is -2.32. The molecule has 1 fully saturated rings. The standard InChI is InChI=1S/C15H24N4O2/c1-13-3-4-14(11-15(13)19(20)21)12-16-5-6-18-9-7-17(2)8-10-18/h3-4,11,16H,5-10,12H2,1-2H3. The number of nitrogens with one attached hydrogen (secondary N) is 1. The van der Waals surface area contributed by atoms with Gasteiger partial charge in [-0.2, -0.15) is 0 Å². The summed E-state index contributed by atoms with van der Waals surface area (Å²) in [7, 11) is 2.15. The van der Waals surface area contributed by atoms with E-state index < -0.39 is 0 Å². The van der Waals surface area contributed by atoms with Crippen molar-refractivity contribution in [1.29, 1.82) is 0 Å². The Hall–Kier alpha value is -1.50. The number of likely N-dealkylation sites (N-methyl/N-ethyl adjacent to an activating group) is 1. The molecule has 1 N–H and O–H groups in total. The molecule has 0 spiro atoms.